The maximum atomic E-state index is 11.6. The predicted molar refractivity (Wildman–Crippen MR) is 77.2 cm³/mol. The van der Waals surface area contributed by atoms with Gasteiger partial charge in [0.2, 0.25) is 0 Å². The van der Waals surface area contributed by atoms with Crippen LogP contribution in [0, 0.1) is 11.6 Å². The van der Waals surface area contributed by atoms with Gasteiger partial charge in [-0.25, -0.2) is 9.19 Å². The highest BCUT2D eigenvalue weighted by Gasteiger charge is 2.07. The van der Waals surface area contributed by atoms with Crippen molar-refractivity contribution in [3.63, 3.8) is 0 Å². The molecule has 0 amide bonds. The third kappa shape index (κ3) is 2.00. The quantitative estimate of drug-likeness (QED) is 0.636. The normalized spacial score (nSPS) is 10.6. The van der Waals surface area contributed by atoms with E-state index in [9.17, 15) is 4.21 Å². The Bertz CT molecular complexity index is 834. The van der Waals surface area contributed by atoms with Crippen molar-refractivity contribution in [2.45, 2.75) is 6.92 Å². The zero-order valence-electron chi connectivity index (χ0n) is 10.4. The minimum Gasteiger partial charge on any atom is -0.287 e. The highest BCUT2D eigenvalue weighted by atomic mass is 32.1. The molecule has 0 spiro atoms. The first kappa shape index (κ1) is 11.9. The summed E-state index contributed by atoms with van der Waals surface area (Å²) in [5, 5.41) is 0.886. The molecule has 2 aromatic carbocycles. The van der Waals surface area contributed by atoms with Crippen LogP contribution in [-0.2, 0) is 11.3 Å². The highest BCUT2D eigenvalue weighted by molar-refractivity contribution is 7.57. The Hall–Kier alpha value is -2.20. The first-order valence-electron chi connectivity index (χ1n) is 5.98. The fourth-order valence-electron chi connectivity index (χ4n) is 2.21. The van der Waals surface area contributed by atoms with E-state index in [1.54, 1.807) is 0 Å². The van der Waals surface area contributed by atoms with Crippen LogP contribution >= 0.6 is 0 Å². The summed E-state index contributed by atoms with van der Waals surface area (Å²) < 4.78 is 14.1. The summed E-state index contributed by atoms with van der Waals surface area (Å²) in [5.74, 6) is 0.809. The van der Waals surface area contributed by atoms with Gasteiger partial charge >= 0.3 is 0 Å². The molecule has 0 N–H and O–H groups in total. The molecule has 4 heteroatoms. The van der Waals surface area contributed by atoms with Crippen molar-refractivity contribution < 1.29 is 4.21 Å². The second-order valence-corrected chi connectivity index (χ2v) is 4.79. The summed E-state index contributed by atoms with van der Waals surface area (Å²) >= 11 is 0.507. The van der Waals surface area contributed by atoms with Gasteiger partial charge in [-0.2, -0.15) is 0 Å². The first-order valence-corrected chi connectivity index (χ1v) is 6.72. The van der Waals surface area contributed by atoms with Crippen molar-refractivity contribution in [1.29, 1.82) is 0 Å². The fraction of sp³-hybridized carbons (Fsp3) is 0.0667. The standard InChI is InChI=1S/C15H12N2OS/c1-11-16-14-10-6-5-9-13(14)15(19-18)17(11)12-7-3-2-4-8-12/h2-10H,1H3. The largest absolute Gasteiger partial charge is 0.287 e. The van der Waals surface area contributed by atoms with E-state index in [1.807, 2.05) is 66.1 Å². The molecule has 0 aliphatic heterocycles. The molecular weight excluding hydrogens is 256 g/mol. The Labute approximate surface area is 114 Å². The van der Waals surface area contributed by atoms with E-state index < -0.39 is 0 Å². The van der Waals surface area contributed by atoms with Gasteiger partial charge in [0.25, 0.3) is 0 Å². The average Bonchev–Trinajstić information content (AvgIpc) is 2.46. The second-order valence-electron chi connectivity index (χ2n) is 4.24. The molecule has 0 saturated carbocycles. The highest BCUT2D eigenvalue weighted by Crippen LogP contribution is 2.17. The molecule has 0 unspecified atom stereocenters. The van der Waals surface area contributed by atoms with Crippen molar-refractivity contribution in [3.05, 3.63) is 65.1 Å². The zero-order chi connectivity index (χ0) is 13.2. The fourth-order valence-corrected chi connectivity index (χ4v) is 2.78. The number of nitrogens with zero attached hydrogens (tertiary/aromatic N) is 2. The molecule has 1 heterocycles. The van der Waals surface area contributed by atoms with Gasteiger partial charge < -0.3 is 0 Å². The van der Waals surface area contributed by atoms with Gasteiger partial charge in [0.05, 0.1) is 5.52 Å². The lowest BCUT2D eigenvalue weighted by molar-refractivity contribution is 0.698. The van der Waals surface area contributed by atoms with Crippen LogP contribution in [0.15, 0.2) is 54.6 Å². The average molecular weight is 268 g/mol. The maximum absolute atomic E-state index is 11.6. The predicted octanol–water partition coefficient (Wildman–Crippen LogP) is 3.08. The Kier molecular flexibility index (Phi) is 3.01. The number of hydrogen-bond donors (Lipinski definition) is 0. The monoisotopic (exact) mass is 268 g/mol. The van der Waals surface area contributed by atoms with Gasteiger partial charge in [-0.3, -0.25) is 4.57 Å². The number of hydrogen-bond acceptors (Lipinski definition) is 2. The first-order chi connectivity index (χ1) is 9.31. The van der Waals surface area contributed by atoms with E-state index >= 15 is 0 Å². The molecular formula is C15H12N2OS. The number of aromatic nitrogens is 2. The summed E-state index contributed by atoms with van der Waals surface area (Å²) in [5.41, 5.74) is 1.81. The molecule has 0 aliphatic carbocycles. The SMILES string of the molecule is Cc1nc2ccccc2c(=S=O)n1-c1ccccc1. The van der Waals surface area contributed by atoms with Crippen LogP contribution in [0.5, 0.6) is 0 Å². The van der Waals surface area contributed by atoms with Crippen LogP contribution in [0.1, 0.15) is 5.82 Å². The van der Waals surface area contributed by atoms with E-state index in [4.69, 9.17) is 0 Å². The van der Waals surface area contributed by atoms with Crippen molar-refractivity contribution in [2.24, 2.45) is 0 Å². The number of para-hydroxylation sites is 2. The van der Waals surface area contributed by atoms with Gasteiger partial charge in [-0.1, -0.05) is 30.3 Å². The molecule has 94 valence electrons. The minimum atomic E-state index is 0.507. The molecule has 19 heavy (non-hydrogen) atoms. The number of fused-ring (bicyclic) bond motifs is 1. The lowest BCUT2D eigenvalue weighted by Crippen LogP contribution is -2.05. The molecule has 3 rings (SSSR count). The summed E-state index contributed by atoms with van der Waals surface area (Å²) in [6.07, 6.45) is 0. The van der Waals surface area contributed by atoms with Gasteiger partial charge in [-0.15, -0.1) is 0 Å². The Balaban J connectivity index is 2.50. The lowest BCUT2D eigenvalue weighted by Gasteiger charge is -2.11. The van der Waals surface area contributed by atoms with Crippen molar-refractivity contribution in [3.8, 4) is 5.69 Å². The molecule has 0 fully saturated rings. The molecule has 0 atom stereocenters. The third-order valence-electron chi connectivity index (χ3n) is 3.04. The van der Waals surface area contributed by atoms with Gasteiger partial charge in [0.1, 0.15) is 17.1 Å². The van der Waals surface area contributed by atoms with Crippen LogP contribution in [0.25, 0.3) is 16.6 Å². The zero-order valence-corrected chi connectivity index (χ0v) is 11.2. The summed E-state index contributed by atoms with van der Waals surface area (Å²) in [6, 6.07) is 17.5. The van der Waals surface area contributed by atoms with E-state index in [-0.39, 0.29) is 0 Å². The maximum Gasteiger partial charge on any atom is 0.151 e. The van der Waals surface area contributed by atoms with Crippen molar-refractivity contribution >= 4 is 22.2 Å². The number of aryl methyl sites for hydroxylation is 1. The topological polar surface area (TPSA) is 34.9 Å². The molecule has 0 aliphatic rings. The van der Waals surface area contributed by atoms with Crippen molar-refractivity contribution in [2.75, 3.05) is 0 Å². The summed E-state index contributed by atoms with van der Waals surface area (Å²) in [6.45, 7) is 1.92. The van der Waals surface area contributed by atoms with Gasteiger partial charge in [0, 0.05) is 11.1 Å². The third-order valence-corrected chi connectivity index (χ3v) is 3.60. The van der Waals surface area contributed by atoms with E-state index in [0.717, 1.165) is 22.4 Å². The van der Waals surface area contributed by atoms with E-state index in [0.29, 0.717) is 15.9 Å². The van der Waals surface area contributed by atoms with E-state index in [1.165, 1.54) is 0 Å². The molecule has 3 aromatic rings. The van der Waals surface area contributed by atoms with Crippen LogP contribution in [0.2, 0.25) is 0 Å². The molecule has 0 radical (unpaired) electrons. The van der Waals surface area contributed by atoms with Crippen molar-refractivity contribution in [1.82, 2.24) is 9.55 Å². The lowest BCUT2D eigenvalue weighted by atomic mass is 10.2. The molecule has 1 aromatic heterocycles. The Morgan fingerprint density at radius 2 is 1.68 bits per heavy atom. The minimum absolute atomic E-state index is 0.507. The smallest absolute Gasteiger partial charge is 0.151 e. The summed E-state index contributed by atoms with van der Waals surface area (Å²) in [7, 11) is 0. The molecule has 3 nitrogen and oxygen atoms in total. The van der Waals surface area contributed by atoms with E-state index in [2.05, 4.69) is 4.98 Å². The van der Waals surface area contributed by atoms with Crippen LogP contribution in [-0.4, -0.2) is 13.8 Å². The molecule has 0 bridgehead atoms. The van der Waals surface area contributed by atoms with Gasteiger partial charge in [0.15, 0.2) is 4.64 Å². The van der Waals surface area contributed by atoms with Crippen LogP contribution < -0.4 is 0 Å². The second kappa shape index (κ2) is 4.82. The van der Waals surface area contributed by atoms with Gasteiger partial charge in [-0.05, 0) is 31.2 Å². The van der Waals surface area contributed by atoms with Crippen LogP contribution in [0.3, 0.4) is 0 Å². The summed E-state index contributed by atoms with van der Waals surface area (Å²) in [4.78, 5) is 4.57. The Morgan fingerprint density at radius 1 is 1.00 bits per heavy atom. The molecule has 0 saturated heterocycles. The Morgan fingerprint density at radius 3 is 2.42 bits per heavy atom. The number of benzene rings is 2. The number of rotatable bonds is 1. The van der Waals surface area contributed by atoms with Crippen LogP contribution in [0.4, 0.5) is 0 Å².